The minimum absolute atomic E-state index is 0.0314. The van der Waals surface area contributed by atoms with Crippen molar-refractivity contribution in [3.8, 4) is 17.0 Å². The zero-order valence-electron chi connectivity index (χ0n) is 11.8. The first-order valence-electron chi connectivity index (χ1n) is 6.23. The van der Waals surface area contributed by atoms with E-state index in [0.29, 0.717) is 22.7 Å². The average Bonchev–Trinajstić information content (AvgIpc) is 2.88. The van der Waals surface area contributed by atoms with Crippen LogP contribution in [0, 0.1) is 0 Å². The lowest BCUT2D eigenvalue weighted by Crippen LogP contribution is -2.02. The molecule has 1 aromatic heterocycles. The van der Waals surface area contributed by atoms with Gasteiger partial charge in [0, 0.05) is 22.9 Å². The van der Waals surface area contributed by atoms with E-state index in [9.17, 15) is 18.0 Å². The molecule has 0 aliphatic carbocycles. The number of carbonyl (C=O) groups is 1. The highest BCUT2D eigenvalue weighted by Crippen LogP contribution is 2.35. The fourth-order valence-electron chi connectivity index (χ4n) is 1.86. The number of hydrogen-bond acceptors (Lipinski definition) is 3. The van der Waals surface area contributed by atoms with Gasteiger partial charge in [-0.25, -0.2) is 4.68 Å². The Morgan fingerprint density at radius 3 is 2.74 bits per heavy atom. The third-order valence-electron chi connectivity index (χ3n) is 2.78. The van der Waals surface area contributed by atoms with Gasteiger partial charge >= 0.3 is 6.18 Å². The zero-order chi connectivity index (χ0) is 17.0. The first-order valence-corrected chi connectivity index (χ1v) is 6.61. The fourth-order valence-corrected chi connectivity index (χ4v) is 2.03. The minimum atomic E-state index is -4.47. The topological polar surface area (TPSA) is 56.1 Å². The summed E-state index contributed by atoms with van der Waals surface area (Å²) in [7, 11) is 1.43. The molecule has 0 unspecified atom stereocenters. The van der Waals surface area contributed by atoms with Crippen LogP contribution in [-0.2, 0) is 4.79 Å². The molecule has 1 amide bonds. The standard InChI is InChI=1S/C14H11ClF3N3O2/c1-23-12-3-2-9(15)6-10(12)13-11(19-8-22)7-21(20-13)5-4-14(16,17)18/h2-8H,1H3,(H,19,22)/b5-4+. The number of rotatable bonds is 5. The summed E-state index contributed by atoms with van der Waals surface area (Å²) < 4.78 is 42.9. The molecule has 0 fully saturated rings. The second kappa shape index (κ2) is 6.74. The molecule has 2 aromatic rings. The van der Waals surface area contributed by atoms with E-state index < -0.39 is 6.18 Å². The number of alkyl halides is 3. The monoisotopic (exact) mass is 345 g/mol. The molecule has 0 saturated carbocycles. The van der Waals surface area contributed by atoms with Crippen molar-refractivity contribution < 1.29 is 22.7 Å². The predicted molar refractivity (Wildman–Crippen MR) is 80.3 cm³/mol. The predicted octanol–water partition coefficient (Wildman–Crippen LogP) is 3.81. The quantitative estimate of drug-likeness (QED) is 0.838. The number of amides is 1. The number of benzene rings is 1. The highest BCUT2D eigenvalue weighted by Gasteiger charge is 2.22. The minimum Gasteiger partial charge on any atom is -0.496 e. The molecule has 0 bridgehead atoms. The Balaban J connectivity index is 2.53. The lowest BCUT2D eigenvalue weighted by atomic mass is 10.1. The molecule has 1 heterocycles. The van der Waals surface area contributed by atoms with Gasteiger partial charge in [-0.2, -0.15) is 18.3 Å². The summed E-state index contributed by atoms with van der Waals surface area (Å²) in [5.74, 6) is 0.411. The van der Waals surface area contributed by atoms with Gasteiger partial charge in [0.05, 0.1) is 19.0 Å². The molecule has 9 heteroatoms. The van der Waals surface area contributed by atoms with E-state index in [2.05, 4.69) is 10.4 Å². The van der Waals surface area contributed by atoms with Crippen LogP contribution in [0.15, 0.2) is 30.5 Å². The summed E-state index contributed by atoms with van der Waals surface area (Å²) in [6.07, 6.45) is -2.07. The van der Waals surface area contributed by atoms with Crippen molar-refractivity contribution in [3.05, 3.63) is 35.5 Å². The first-order chi connectivity index (χ1) is 10.8. The van der Waals surface area contributed by atoms with Crippen LogP contribution in [0.5, 0.6) is 5.75 Å². The largest absolute Gasteiger partial charge is 0.496 e. The third-order valence-corrected chi connectivity index (χ3v) is 3.01. The Morgan fingerprint density at radius 2 is 2.13 bits per heavy atom. The van der Waals surface area contributed by atoms with Gasteiger partial charge in [-0.15, -0.1) is 0 Å². The van der Waals surface area contributed by atoms with Gasteiger partial charge in [0.2, 0.25) is 6.41 Å². The summed E-state index contributed by atoms with van der Waals surface area (Å²) in [5, 5.41) is 6.79. The maximum absolute atomic E-state index is 12.3. The summed E-state index contributed by atoms with van der Waals surface area (Å²) in [6, 6.07) is 4.72. The van der Waals surface area contributed by atoms with Crippen LogP contribution in [0.4, 0.5) is 18.9 Å². The van der Waals surface area contributed by atoms with Gasteiger partial charge in [-0.1, -0.05) is 11.6 Å². The normalized spacial score (nSPS) is 11.7. The number of nitrogens with zero attached hydrogens (tertiary/aromatic N) is 2. The van der Waals surface area contributed by atoms with Crippen LogP contribution >= 0.6 is 11.6 Å². The van der Waals surface area contributed by atoms with Crippen molar-refractivity contribution in [1.29, 1.82) is 0 Å². The molecule has 0 spiro atoms. The van der Waals surface area contributed by atoms with Crippen molar-refractivity contribution in [2.45, 2.75) is 6.18 Å². The number of allylic oxidation sites excluding steroid dienone is 1. The van der Waals surface area contributed by atoms with Crippen LogP contribution < -0.4 is 10.1 Å². The number of methoxy groups -OCH3 is 1. The maximum Gasteiger partial charge on any atom is 0.411 e. The van der Waals surface area contributed by atoms with Gasteiger partial charge in [0.1, 0.15) is 11.4 Å². The van der Waals surface area contributed by atoms with Crippen molar-refractivity contribution in [2.75, 3.05) is 12.4 Å². The molecule has 0 saturated heterocycles. The van der Waals surface area contributed by atoms with Crippen LogP contribution in [0.1, 0.15) is 0 Å². The van der Waals surface area contributed by atoms with Crippen molar-refractivity contribution in [3.63, 3.8) is 0 Å². The molecular formula is C14H11ClF3N3O2. The van der Waals surface area contributed by atoms with E-state index in [4.69, 9.17) is 16.3 Å². The maximum atomic E-state index is 12.3. The Bertz CT molecular complexity index is 741. The van der Waals surface area contributed by atoms with Gasteiger partial charge in [0.25, 0.3) is 0 Å². The van der Waals surface area contributed by atoms with Gasteiger partial charge in [0.15, 0.2) is 0 Å². The summed E-state index contributed by atoms with van der Waals surface area (Å²) in [5.41, 5.74) is 0.874. The van der Waals surface area contributed by atoms with Crippen molar-refractivity contribution in [2.24, 2.45) is 0 Å². The Morgan fingerprint density at radius 1 is 1.39 bits per heavy atom. The molecule has 23 heavy (non-hydrogen) atoms. The third kappa shape index (κ3) is 4.26. The first kappa shape index (κ1) is 16.9. The Labute approximate surface area is 134 Å². The highest BCUT2D eigenvalue weighted by molar-refractivity contribution is 6.31. The van der Waals surface area contributed by atoms with E-state index >= 15 is 0 Å². The molecule has 0 aliphatic heterocycles. The van der Waals surface area contributed by atoms with Crippen LogP contribution in [0.25, 0.3) is 17.5 Å². The zero-order valence-corrected chi connectivity index (χ0v) is 12.5. The van der Waals surface area contributed by atoms with Gasteiger partial charge < -0.3 is 10.1 Å². The number of ether oxygens (including phenoxy) is 1. The van der Waals surface area contributed by atoms with Crippen LogP contribution in [-0.4, -0.2) is 29.5 Å². The number of halogens is 4. The number of aromatic nitrogens is 2. The molecule has 122 valence electrons. The SMILES string of the molecule is COc1ccc(Cl)cc1-c1nn(/C=C/C(F)(F)F)cc1NC=O. The molecule has 1 aromatic carbocycles. The molecule has 0 atom stereocenters. The molecule has 5 nitrogen and oxygen atoms in total. The van der Waals surface area contributed by atoms with Crippen LogP contribution in [0.2, 0.25) is 5.02 Å². The molecular weight excluding hydrogens is 335 g/mol. The van der Waals surface area contributed by atoms with Crippen molar-refractivity contribution in [1.82, 2.24) is 9.78 Å². The van der Waals surface area contributed by atoms with E-state index in [0.717, 1.165) is 10.9 Å². The van der Waals surface area contributed by atoms with E-state index in [1.54, 1.807) is 12.1 Å². The lowest BCUT2D eigenvalue weighted by Gasteiger charge is -2.08. The molecule has 2 rings (SSSR count). The molecule has 0 aliphatic rings. The van der Waals surface area contributed by atoms with E-state index in [1.165, 1.54) is 19.4 Å². The van der Waals surface area contributed by atoms with E-state index in [1.807, 2.05) is 0 Å². The lowest BCUT2D eigenvalue weighted by molar-refractivity contribution is -0.105. The number of nitrogens with one attached hydrogen (secondary N) is 1. The second-order valence-corrected chi connectivity index (χ2v) is 4.77. The molecule has 0 radical (unpaired) electrons. The number of anilines is 1. The average molecular weight is 346 g/mol. The van der Waals surface area contributed by atoms with Crippen molar-refractivity contribution >= 4 is 29.9 Å². The summed E-state index contributed by atoms with van der Waals surface area (Å²) in [6.45, 7) is 0. The van der Waals surface area contributed by atoms with Gasteiger partial charge in [-0.05, 0) is 18.2 Å². The Hall–Kier alpha value is -2.48. The summed E-state index contributed by atoms with van der Waals surface area (Å²) >= 11 is 5.94. The summed E-state index contributed by atoms with van der Waals surface area (Å²) in [4.78, 5) is 10.7. The Kier molecular flexibility index (Phi) is 4.95. The fraction of sp³-hybridized carbons (Fsp3) is 0.143. The van der Waals surface area contributed by atoms with E-state index in [-0.39, 0.29) is 17.5 Å². The van der Waals surface area contributed by atoms with Gasteiger partial charge in [-0.3, -0.25) is 4.79 Å². The highest BCUT2D eigenvalue weighted by atomic mass is 35.5. The number of hydrogen-bond donors (Lipinski definition) is 1. The second-order valence-electron chi connectivity index (χ2n) is 4.34. The molecule has 1 N–H and O–H groups in total. The smallest absolute Gasteiger partial charge is 0.411 e. The number of carbonyl (C=O) groups excluding carboxylic acids is 1. The van der Waals surface area contributed by atoms with Crippen LogP contribution in [0.3, 0.4) is 0 Å².